The number of aromatic hydroxyl groups is 1. The van der Waals surface area contributed by atoms with E-state index in [1.807, 2.05) is 18.2 Å². The van der Waals surface area contributed by atoms with E-state index < -0.39 is 0 Å². The third-order valence-corrected chi connectivity index (χ3v) is 4.07. The Kier molecular flexibility index (Phi) is 4.10. The highest BCUT2D eigenvalue weighted by molar-refractivity contribution is 6.01. The van der Waals surface area contributed by atoms with E-state index in [4.69, 9.17) is 9.47 Å². The van der Waals surface area contributed by atoms with Crippen LogP contribution in [0.4, 0.5) is 5.69 Å². The number of phenols is 1. The summed E-state index contributed by atoms with van der Waals surface area (Å²) in [6.45, 7) is 0.560. The highest BCUT2D eigenvalue weighted by Crippen LogP contribution is 2.33. The van der Waals surface area contributed by atoms with Gasteiger partial charge in [0.1, 0.15) is 5.75 Å². The smallest absolute Gasteiger partial charge is 0.231 e. The van der Waals surface area contributed by atoms with E-state index in [2.05, 4.69) is 0 Å². The van der Waals surface area contributed by atoms with Gasteiger partial charge in [-0.2, -0.15) is 0 Å². The number of methoxy groups -OCH3 is 2. The molecule has 120 valence electrons. The van der Waals surface area contributed by atoms with Crippen LogP contribution >= 0.6 is 0 Å². The number of benzene rings is 2. The molecular weight excluding hydrogens is 294 g/mol. The van der Waals surface area contributed by atoms with Crippen LogP contribution in [0.25, 0.3) is 0 Å². The standard InChI is InChI=1S/C18H19NO4/c1-22-16-6-3-12(9-17(16)23-2)7-8-19-15-11-14(20)5-4-13(15)10-18(19)21/h3-6,9,11,20H,7-8,10H2,1-2H3. The van der Waals surface area contributed by atoms with E-state index in [1.165, 1.54) is 0 Å². The van der Waals surface area contributed by atoms with Crippen molar-refractivity contribution in [1.29, 1.82) is 0 Å². The zero-order valence-electron chi connectivity index (χ0n) is 13.2. The Morgan fingerprint density at radius 3 is 2.61 bits per heavy atom. The Hall–Kier alpha value is -2.69. The first kappa shape index (κ1) is 15.2. The molecule has 0 radical (unpaired) electrons. The monoisotopic (exact) mass is 313 g/mol. The Labute approximate surface area is 135 Å². The highest BCUT2D eigenvalue weighted by Gasteiger charge is 2.27. The van der Waals surface area contributed by atoms with Crippen molar-refractivity contribution in [2.24, 2.45) is 0 Å². The summed E-state index contributed by atoms with van der Waals surface area (Å²) in [5, 5.41) is 9.64. The molecule has 0 unspecified atom stereocenters. The molecule has 5 heteroatoms. The molecule has 0 atom stereocenters. The second-order valence-electron chi connectivity index (χ2n) is 5.47. The van der Waals surface area contributed by atoms with Crippen molar-refractivity contribution in [3.63, 3.8) is 0 Å². The molecule has 1 N–H and O–H groups in total. The maximum absolute atomic E-state index is 12.2. The minimum atomic E-state index is 0.0612. The Bertz CT molecular complexity index is 742. The first-order chi connectivity index (χ1) is 11.1. The van der Waals surface area contributed by atoms with Crippen LogP contribution in [0.15, 0.2) is 36.4 Å². The third-order valence-electron chi connectivity index (χ3n) is 4.07. The van der Waals surface area contributed by atoms with Gasteiger partial charge in [-0.05, 0) is 35.7 Å². The first-order valence-electron chi connectivity index (χ1n) is 7.45. The predicted octanol–water partition coefficient (Wildman–Crippen LogP) is 2.54. The number of hydrogen-bond donors (Lipinski definition) is 1. The van der Waals surface area contributed by atoms with E-state index in [1.54, 1.807) is 37.3 Å². The van der Waals surface area contributed by atoms with Crippen molar-refractivity contribution in [3.05, 3.63) is 47.5 Å². The fourth-order valence-electron chi connectivity index (χ4n) is 2.87. The van der Waals surface area contributed by atoms with Gasteiger partial charge in [-0.25, -0.2) is 0 Å². The Balaban J connectivity index is 1.76. The number of anilines is 1. The van der Waals surface area contributed by atoms with Gasteiger partial charge < -0.3 is 19.5 Å². The zero-order valence-corrected chi connectivity index (χ0v) is 13.2. The lowest BCUT2D eigenvalue weighted by molar-refractivity contribution is -0.117. The van der Waals surface area contributed by atoms with Crippen LogP contribution in [-0.2, 0) is 17.6 Å². The quantitative estimate of drug-likeness (QED) is 0.921. The average Bonchev–Trinajstić information content (AvgIpc) is 2.87. The second kappa shape index (κ2) is 6.20. The SMILES string of the molecule is COc1ccc(CCN2C(=O)Cc3ccc(O)cc32)cc1OC. The maximum Gasteiger partial charge on any atom is 0.231 e. The summed E-state index contributed by atoms with van der Waals surface area (Å²) < 4.78 is 10.5. The summed E-state index contributed by atoms with van der Waals surface area (Å²) in [6.07, 6.45) is 1.09. The number of carbonyl (C=O) groups excluding carboxylic acids is 1. The van der Waals surface area contributed by atoms with Gasteiger partial charge in [-0.15, -0.1) is 0 Å². The van der Waals surface area contributed by atoms with Crippen LogP contribution in [-0.4, -0.2) is 31.8 Å². The maximum atomic E-state index is 12.2. The molecule has 2 aromatic carbocycles. The van der Waals surface area contributed by atoms with Crippen molar-refractivity contribution in [3.8, 4) is 17.2 Å². The van der Waals surface area contributed by atoms with Gasteiger partial charge in [0.05, 0.1) is 26.3 Å². The number of hydrogen-bond acceptors (Lipinski definition) is 4. The van der Waals surface area contributed by atoms with Gasteiger partial charge in [0.2, 0.25) is 5.91 Å². The van der Waals surface area contributed by atoms with Crippen LogP contribution in [0.3, 0.4) is 0 Å². The van der Waals surface area contributed by atoms with E-state index in [-0.39, 0.29) is 11.7 Å². The summed E-state index contributed by atoms with van der Waals surface area (Å²) in [6, 6.07) is 10.8. The molecule has 0 aliphatic carbocycles. The van der Waals surface area contributed by atoms with Crippen molar-refractivity contribution in [1.82, 2.24) is 0 Å². The number of carbonyl (C=O) groups is 1. The van der Waals surface area contributed by atoms with Crippen LogP contribution in [0.2, 0.25) is 0 Å². The molecule has 23 heavy (non-hydrogen) atoms. The van der Waals surface area contributed by atoms with Crippen molar-refractivity contribution < 1.29 is 19.4 Å². The molecule has 3 rings (SSSR count). The second-order valence-corrected chi connectivity index (χ2v) is 5.47. The van der Waals surface area contributed by atoms with Crippen molar-refractivity contribution in [2.45, 2.75) is 12.8 Å². The summed E-state index contributed by atoms with van der Waals surface area (Å²) >= 11 is 0. The lowest BCUT2D eigenvalue weighted by atomic mass is 10.1. The normalized spacial score (nSPS) is 13.1. The summed E-state index contributed by atoms with van der Waals surface area (Å²) in [4.78, 5) is 13.9. The zero-order chi connectivity index (χ0) is 16.4. The van der Waals surface area contributed by atoms with Gasteiger partial charge in [0.15, 0.2) is 11.5 Å². The van der Waals surface area contributed by atoms with Crippen LogP contribution in [0, 0.1) is 0 Å². The number of fused-ring (bicyclic) bond motifs is 1. The number of phenolic OH excluding ortho intramolecular Hbond substituents is 1. The Morgan fingerprint density at radius 1 is 1.09 bits per heavy atom. The predicted molar refractivity (Wildman–Crippen MR) is 87.4 cm³/mol. The lowest BCUT2D eigenvalue weighted by Gasteiger charge is -2.18. The highest BCUT2D eigenvalue weighted by atomic mass is 16.5. The van der Waals surface area contributed by atoms with Crippen LogP contribution in [0.5, 0.6) is 17.2 Å². The van der Waals surface area contributed by atoms with Gasteiger partial charge in [-0.1, -0.05) is 12.1 Å². The fraction of sp³-hybridized carbons (Fsp3) is 0.278. The molecule has 1 aliphatic rings. The molecule has 0 saturated heterocycles. The molecule has 0 spiro atoms. The molecule has 0 fully saturated rings. The lowest BCUT2D eigenvalue weighted by Crippen LogP contribution is -2.28. The van der Waals surface area contributed by atoms with Crippen molar-refractivity contribution >= 4 is 11.6 Å². The number of amides is 1. The van der Waals surface area contributed by atoms with Gasteiger partial charge in [0.25, 0.3) is 0 Å². The molecular formula is C18H19NO4. The van der Waals surface area contributed by atoms with E-state index >= 15 is 0 Å². The minimum Gasteiger partial charge on any atom is -0.508 e. The molecule has 1 aliphatic heterocycles. The molecule has 0 aromatic heterocycles. The van der Waals surface area contributed by atoms with E-state index in [0.29, 0.717) is 30.9 Å². The first-order valence-corrected chi connectivity index (χ1v) is 7.45. The average molecular weight is 313 g/mol. The fourth-order valence-corrected chi connectivity index (χ4v) is 2.87. The summed E-state index contributed by atoms with van der Waals surface area (Å²) in [7, 11) is 3.20. The minimum absolute atomic E-state index is 0.0612. The van der Waals surface area contributed by atoms with Gasteiger partial charge >= 0.3 is 0 Å². The molecule has 0 saturated carbocycles. The molecule has 1 heterocycles. The molecule has 0 bridgehead atoms. The van der Waals surface area contributed by atoms with Crippen molar-refractivity contribution in [2.75, 3.05) is 25.7 Å². The van der Waals surface area contributed by atoms with Crippen LogP contribution in [0.1, 0.15) is 11.1 Å². The third kappa shape index (κ3) is 2.95. The summed E-state index contributed by atoms with van der Waals surface area (Å²) in [5.74, 6) is 1.60. The summed E-state index contributed by atoms with van der Waals surface area (Å²) in [5.41, 5.74) is 2.82. The van der Waals surface area contributed by atoms with E-state index in [9.17, 15) is 9.90 Å². The van der Waals surface area contributed by atoms with Gasteiger partial charge in [-0.3, -0.25) is 4.79 Å². The van der Waals surface area contributed by atoms with Gasteiger partial charge in [0, 0.05) is 12.6 Å². The number of rotatable bonds is 5. The molecule has 2 aromatic rings. The number of nitrogens with zero attached hydrogens (tertiary/aromatic N) is 1. The molecule has 5 nitrogen and oxygen atoms in total. The number of ether oxygens (including phenoxy) is 2. The van der Waals surface area contributed by atoms with E-state index in [0.717, 1.165) is 16.8 Å². The molecule has 1 amide bonds. The van der Waals surface area contributed by atoms with Crippen LogP contribution < -0.4 is 14.4 Å². The largest absolute Gasteiger partial charge is 0.508 e. The topological polar surface area (TPSA) is 59.0 Å². The Morgan fingerprint density at radius 2 is 1.87 bits per heavy atom.